The van der Waals surface area contributed by atoms with Gasteiger partial charge in [0, 0.05) is 36.5 Å². The normalized spacial score (nSPS) is 19.9. The largest absolute Gasteiger partial charge is 0.355 e. The number of para-hydroxylation sites is 2. The Hall–Kier alpha value is -3.61. The minimum atomic E-state index is -1.39. The van der Waals surface area contributed by atoms with E-state index in [1.807, 2.05) is 36.4 Å². The Balaban J connectivity index is 1.86. The van der Waals surface area contributed by atoms with Gasteiger partial charge in [0.25, 0.3) is 5.91 Å². The summed E-state index contributed by atoms with van der Waals surface area (Å²) in [6.45, 7) is 4.07. The Morgan fingerprint density at radius 2 is 1.87 bits per heavy atom. The van der Waals surface area contributed by atoms with E-state index in [1.54, 1.807) is 24.0 Å². The number of hydrogen-bond donors (Lipinski definition) is 2. The van der Waals surface area contributed by atoms with Crippen LogP contribution in [0.2, 0.25) is 0 Å². The minimum Gasteiger partial charge on any atom is -0.355 e. The first-order chi connectivity index (χ1) is 14.5. The van der Waals surface area contributed by atoms with Crippen LogP contribution in [0.5, 0.6) is 0 Å². The molecular weight excluding hydrogens is 380 g/mol. The molecule has 2 aromatic carbocycles. The van der Waals surface area contributed by atoms with E-state index in [4.69, 9.17) is 0 Å². The number of H-pyrrole nitrogens is 1. The smallest absolute Gasteiger partial charge is 0.328 e. The van der Waals surface area contributed by atoms with Crippen LogP contribution < -0.4 is 10.2 Å². The van der Waals surface area contributed by atoms with Crippen LogP contribution in [0.1, 0.15) is 30.7 Å². The van der Waals surface area contributed by atoms with Crippen LogP contribution >= 0.6 is 0 Å². The van der Waals surface area contributed by atoms with E-state index in [1.165, 1.54) is 11.8 Å². The number of fused-ring (bicyclic) bond motifs is 6. The van der Waals surface area contributed by atoms with Crippen molar-refractivity contribution in [1.82, 2.24) is 15.2 Å². The zero-order valence-electron chi connectivity index (χ0n) is 16.9. The number of aromatic amines is 1. The van der Waals surface area contributed by atoms with Crippen molar-refractivity contribution in [1.29, 1.82) is 0 Å². The predicted molar refractivity (Wildman–Crippen MR) is 113 cm³/mol. The average molecular weight is 402 g/mol. The van der Waals surface area contributed by atoms with Crippen molar-refractivity contribution in [2.45, 2.75) is 25.8 Å². The summed E-state index contributed by atoms with van der Waals surface area (Å²) in [5, 5.41) is 3.77. The summed E-state index contributed by atoms with van der Waals surface area (Å²) < 4.78 is 0. The molecule has 0 radical (unpaired) electrons. The third kappa shape index (κ3) is 2.17. The lowest BCUT2D eigenvalue weighted by Crippen LogP contribution is -2.60. The lowest BCUT2D eigenvalue weighted by atomic mass is 9.80. The van der Waals surface area contributed by atoms with Gasteiger partial charge < -0.3 is 15.2 Å². The van der Waals surface area contributed by atoms with Gasteiger partial charge in [-0.2, -0.15) is 0 Å². The fourth-order valence-electron chi connectivity index (χ4n) is 4.98. The van der Waals surface area contributed by atoms with Crippen LogP contribution in [-0.2, 0) is 21.5 Å². The maximum Gasteiger partial charge on any atom is 0.328 e. The number of rotatable bonds is 1. The fraction of sp³-hybridized carbons (Fsp3) is 0.261. The molecule has 5 rings (SSSR count). The van der Waals surface area contributed by atoms with Crippen LogP contribution in [0.25, 0.3) is 10.9 Å². The van der Waals surface area contributed by atoms with Crippen molar-refractivity contribution in [2.75, 3.05) is 18.0 Å². The van der Waals surface area contributed by atoms with Gasteiger partial charge in [-0.25, -0.2) is 9.69 Å². The number of hydrogen-bond acceptors (Lipinski definition) is 3. The number of urea groups is 1. The molecule has 4 amide bonds. The molecule has 2 aliphatic heterocycles. The summed E-state index contributed by atoms with van der Waals surface area (Å²) in [4.78, 5) is 45.9. The average Bonchev–Trinajstić information content (AvgIpc) is 3.23. The molecule has 2 aliphatic rings. The molecule has 30 heavy (non-hydrogen) atoms. The third-order valence-electron chi connectivity index (χ3n) is 6.12. The molecule has 1 atom stereocenters. The zero-order chi connectivity index (χ0) is 21.0. The number of aromatic nitrogens is 1. The summed E-state index contributed by atoms with van der Waals surface area (Å²) in [7, 11) is 0. The van der Waals surface area contributed by atoms with Crippen LogP contribution in [0.4, 0.5) is 10.5 Å². The summed E-state index contributed by atoms with van der Waals surface area (Å²) >= 11 is 0. The second-order valence-corrected chi connectivity index (χ2v) is 7.65. The van der Waals surface area contributed by atoms with Crippen molar-refractivity contribution in [2.24, 2.45) is 0 Å². The van der Waals surface area contributed by atoms with E-state index in [2.05, 4.69) is 10.3 Å². The van der Waals surface area contributed by atoms with Gasteiger partial charge in [0.1, 0.15) is 0 Å². The van der Waals surface area contributed by atoms with Crippen LogP contribution in [0.3, 0.4) is 0 Å². The maximum atomic E-state index is 14.1. The molecule has 0 aliphatic carbocycles. The number of imide groups is 1. The Labute approximate surface area is 173 Å². The van der Waals surface area contributed by atoms with Gasteiger partial charge >= 0.3 is 6.03 Å². The first kappa shape index (κ1) is 18.4. The number of benzene rings is 2. The van der Waals surface area contributed by atoms with Crippen molar-refractivity contribution in [3.05, 3.63) is 65.4 Å². The lowest BCUT2D eigenvalue weighted by molar-refractivity contribution is -0.143. The molecule has 0 bridgehead atoms. The SMILES string of the molecule is CCNC(=O)N1C(=O)[C@@]2(c3ccccc31)c1[nH]c3ccccc3c1CCN2C(C)=O. The molecule has 0 saturated carbocycles. The number of carbonyl (C=O) groups is 3. The standard InChI is InChI=1S/C23H22N4O3/c1-3-24-22(30)27-19-11-7-5-9-17(19)23(21(27)29)20-16(12-13-26(23)14(2)28)15-8-4-6-10-18(15)25-20/h4-11,25H,3,12-13H2,1-2H3,(H,24,30)/t23-/m1/s1. The van der Waals surface area contributed by atoms with E-state index in [0.29, 0.717) is 36.5 Å². The number of anilines is 1. The van der Waals surface area contributed by atoms with E-state index >= 15 is 0 Å². The summed E-state index contributed by atoms with van der Waals surface area (Å²) in [5.74, 6) is -0.641. The minimum absolute atomic E-state index is 0.208. The highest BCUT2D eigenvalue weighted by atomic mass is 16.2. The monoisotopic (exact) mass is 402 g/mol. The molecule has 7 nitrogen and oxygen atoms in total. The molecular formula is C23H22N4O3. The second-order valence-electron chi connectivity index (χ2n) is 7.65. The number of amides is 4. The molecule has 0 saturated heterocycles. The van der Waals surface area contributed by atoms with Gasteiger partial charge in [-0.3, -0.25) is 9.59 Å². The number of nitrogens with one attached hydrogen (secondary N) is 2. The van der Waals surface area contributed by atoms with Crippen molar-refractivity contribution in [3.63, 3.8) is 0 Å². The molecule has 3 aromatic rings. The maximum absolute atomic E-state index is 14.1. The molecule has 1 aromatic heterocycles. The number of carbonyl (C=O) groups excluding carboxylic acids is 3. The van der Waals surface area contributed by atoms with Crippen LogP contribution in [-0.4, -0.2) is 40.8 Å². The fourth-order valence-corrected chi connectivity index (χ4v) is 4.98. The summed E-state index contributed by atoms with van der Waals surface area (Å²) in [6, 6.07) is 14.6. The van der Waals surface area contributed by atoms with Crippen molar-refractivity contribution in [3.8, 4) is 0 Å². The quantitative estimate of drug-likeness (QED) is 0.656. The Bertz CT molecular complexity index is 1210. The third-order valence-corrected chi connectivity index (χ3v) is 6.12. The van der Waals surface area contributed by atoms with Crippen LogP contribution in [0.15, 0.2) is 48.5 Å². The van der Waals surface area contributed by atoms with Gasteiger partial charge in [0.2, 0.25) is 5.91 Å². The Kier molecular flexibility index (Phi) is 3.96. The Morgan fingerprint density at radius 3 is 2.63 bits per heavy atom. The second kappa shape index (κ2) is 6.45. The lowest BCUT2D eigenvalue weighted by Gasteiger charge is -2.43. The molecule has 1 spiro atoms. The van der Waals surface area contributed by atoms with Gasteiger partial charge in [-0.15, -0.1) is 0 Å². The van der Waals surface area contributed by atoms with Gasteiger partial charge in [0.15, 0.2) is 5.54 Å². The van der Waals surface area contributed by atoms with E-state index in [9.17, 15) is 14.4 Å². The summed E-state index contributed by atoms with van der Waals surface area (Å²) in [5.41, 5.74) is 2.36. The highest BCUT2D eigenvalue weighted by Crippen LogP contribution is 2.51. The molecule has 152 valence electrons. The van der Waals surface area contributed by atoms with Gasteiger partial charge in [-0.1, -0.05) is 36.4 Å². The molecule has 0 fully saturated rings. The first-order valence-electron chi connectivity index (χ1n) is 10.1. The summed E-state index contributed by atoms with van der Waals surface area (Å²) in [6.07, 6.45) is 0.636. The van der Waals surface area contributed by atoms with Crippen molar-refractivity contribution >= 4 is 34.4 Å². The van der Waals surface area contributed by atoms with E-state index in [-0.39, 0.29) is 5.91 Å². The van der Waals surface area contributed by atoms with Crippen LogP contribution in [0, 0.1) is 0 Å². The number of nitrogens with zero attached hydrogens (tertiary/aromatic N) is 2. The van der Waals surface area contributed by atoms with E-state index in [0.717, 1.165) is 16.5 Å². The van der Waals surface area contributed by atoms with E-state index < -0.39 is 17.5 Å². The highest BCUT2D eigenvalue weighted by molar-refractivity contribution is 6.24. The first-order valence-corrected chi connectivity index (χ1v) is 10.1. The Morgan fingerprint density at radius 1 is 1.13 bits per heavy atom. The van der Waals surface area contributed by atoms with Crippen molar-refractivity contribution < 1.29 is 14.4 Å². The highest BCUT2D eigenvalue weighted by Gasteiger charge is 2.61. The predicted octanol–water partition coefficient (Wildman–Crippen LogP) is 2.89. The van der Waals surface area contributed by atoms with Gasteiger partial charge in [-0.05, 0) is 31.0 Å². The molecule has 2 N–H and O–H groups in total. The molecule has 0 unspecified atom stereocenters. The molecule has 7 heteroatoms. The topological polar surface area (TPSA) is 85.5 Å². The van der Waals surface area contributed by atoms with Gasteiger partial charge in [0.05, 0.1) is 11.4 Å². The molecule has 3 heterocycles. The zero-order valence-corrected chi connectivity index (χ0v) is 16.9.